The van der Waals surface area contributed by atoms with Crippen LogP contribution in [0.3, 0.4) is 0 Å². The Hall–Kier alpha value is -1.62. The highest BCUT2D eigenvalue weighted by molar-refractivity contribution is 9.10. The fraction of sp³-hybridized carbons (Fsp3) is 0.333. The molecule has 20 heavy (non-hydrogen) atoms. The van der Waals surface area contributed by atoms with Gasteiger partial charge in [0.2, 0.25) is 0 Å². The average molecular weight is 337 g/mol. The Labute approximate surface area is 126 Å². The molecule has 2 aromatic rings. The van der Waals surface area contributed by atoms with Gasteiger partial charge in [-0.1, -0.05) is 41.4 Å². The highest BCUT2D eigenvalue weighted by Gasteiger charge is 2.14. The summed E-state index contributed by atoms with van der Waals surface area (Å²) in [5.74, 6) is -0.0548. The molecule has 2 rings (SSSR count). The maximum absolute atomic E-state index is 10.9. The van der Waals surface area contributed by atoms with E-state index >= 15 is 0 Å². The van der Waals surface area contributed by atoms with E-state index in [1.165, 1.54) is 0 Å². The Balaban J connectivity index is 2.32. The number of carboxylic acid groups (broad SMARTS) is 1. The van der Waals surface area contributed by atoms with E-state index in [1.54, 1.807) is 6.20 Å². The molecule has 0 spiro atoms. The summed E-state index contributed by atoms with van der Waals surface area (Å²) in [6.45, 7) is 2.05. The lowest BCUT2D eigenvalue weighted by Crippen LogP contribution is -2.23. The number of carboxylic acids is 1. The van der Waals surface area contributed by atoms with Crippen molar-refractivity contribution in [3.05, 3.63) is 34.9 Å². The van der Waals surface area contributed by atoms with Crippen LogP contribution in [0.4, 0.5) is 5.82 Å². The quantitative estimate of drug-likeness (QED) is 0.835. The third kappa shape index (κ3) is 3.48. The molecule has 1 aromatic carbocycles. The van der Waals surface area contributed by atoms with E-state index < -0.39 is 5.97 Å². The SMILES string of the molecule is CCCC(CC(=O)O)Nc1nccc2c(Br)cccc12. The molecule has 0 aliphatic carbocycles. The van der Waals surface area contributed by atoms with Gasteiger partial charge in [-0.05, 0) is 18.6 Å². The molecule has 4 nitrogen and oxygen atoms in total. The van der Waals surface area contributed by atoms with Crippen LogP contribution in [-0.2, 0) is 4.79 Å². The molecule has 2 N–H and O–H groups in total. The average Bonchev–Trinajstić information content (AvgIpc) is 2.39. The third-order valence-corrected chi connectivity index (χ3v) is 3.84. The van der Waals surface area contributed by atoms with Gasteiger partial charge in [0.1, 0.15) is 5.82 Å². The van der Waals surface area contributed by atoms with Gasteiger partial charge >= 0.3 is 5.97 Å². The van der Waals surface area contributed by atoms with E-state index in [0.29, 0.717) is 0 Å². The van der Waals surface area contributed by atoms with Crippen molar-refractivity contribution in [3.8, 4) is 0 Å². The van der Waals surface area contributed by atoms with Crippen LogP contribution in [0.1, 0.15) is 26.2 Å². The summed E-state index contributed by atoms with van der Waals surface area (Å²) in [6.07, 6.45) is 3.57. The van der Waals surface area contributed by atoms with Gasteiger partial charge in [0, 0.05) is 27.5 Å². The predicted octanol–water partition coefficient (Wildman–Crippen LogP) is 4.05. The van der Waals surface area contributed by atoms with E-state index in [0.717, 1.165) is 33.9 Å². The number of nitrogens with one attached hydrogen (secondary N) is 1. The van der Waals surface area contributed by atoms with Gasteiger partial charge in [-0.25, -0.2) is 4.98 Å². The lowest BCUT2D eigenvalue weighted by molar-refractivity contribution is -0.137. The van der Waals surface area contributed by atoms with E-state index in [9.17, 15) is 4.79 Å². The number of aliphatic carboxylic acids is 1. The van der Waals surface area contributed by atoms with Gasteiger partial charge in [-0.3, -0.25) is 4.79 Å². The number of benzene rings is 1. The number of hydrogen-bond donors (Lipinski definition) is 2. The lowest BCUT2D eigenvalue weighted by atomic mass is 10.1. The fourth-order valence-corrected chi connectivity index (χ4v) is 2.76. The Morgan fingerprint density at radius 1 is 1.40 bits per heavy atom. The van der Waals surface area contributed by atoms with E-state index in [2.05, 4.69) is 26.2 Å². The van der Waals surface area contributed by atoms with Crippen LogP contribution < -0.4 is 5.32 Å². The van der Waals surface area contributed by atoms with Crippen molar-refractivity contribution in [1.82, 2.24) is 4.98 Å². The van der Waals surface area contributed by atoms with Crippen LogP contribution in [0.2, 0.25) is 0 Å². The smallest absolute Gasteiger partial charge is 0.305 e. The molecule has 106 valence electrons. The van der Waals surface area contributed by atoms with Crippen molar-refractivity contribution >= 4 is 38.5 Å². The number of hydrogen-bond acceptors (Lipinski definition) is 3. The summed E-state index contributed by atoms with van der Waals surface area (Å²) in [5, 5.41) is 14.3. The number of pyridine rings is 1. The molecule has 0 saturated heterocycles. The molecule has 0 fully saturated rings. The maximum atomic E-state index is 10.9. The van der Waals surface area contributed by atoms with Gasteiger partial charge in [0.05, 0.1) is 6.42 Å². The number of anilines is 1. The molecule has 0 bridgehead atoms. The zero-order chi connectivity index (χ0) is 14.5. The predicted molar refractivity (Wildman–Crippen MR) is 84.0 cm³/mol. The maximum Gasteiger partial charge on any atom is 0.305 e. The summed E-state index contributed by atoms with van der Waals surface area (Å²) in [7, 11) is 0. The van der Waals surface area contributed by atoms with E-state index in [1.807, 2.05) is 31.2 Å². The van der Waals surface area contributed by atoms with Crippen LogP contribution in [0, 0.1) is 0 Å². The minimum Gasteiger partial charge on any atom is -0.481 e. The number of rotatable bonds is 6. The summed E-state index contributed by atoms with van der Waals surface area (Å²) < 4.78 is 1.01. The first-order valence-electron chi connectivity index (χ1n) is 6.63. The Morgan fingerprint density at radius 2 is 2.20 bits per heavy atom. The Bertz CT molecular complexity index is 616. The standard InChI is InChI=1S/C15H17BrN2O2/c1-2-4-10(9-14(19)20)18-15-12-5-3-6-13(16)11(12)7-8-17-15/h3,5-8,10H,2,4,9H2,1H3,(H,17,18)(H,19,20). The van der Waals surface area contributed by atoms with Gasteiger partial charge in [-0.2, -0.15) is 0 Å². The normalized spacial score (nSPS) is 12.3. The first-order valence-corrected chi connectivity index (χ1v) is 7.42. The summed E-state index contributed by atoms with van der Waals surface area (Å²) in [5.41, 5.74) is 0. The number of carbonyl (C=O) groups is 1. The van der Waals surface area contributed by atoms with Gasteiger partial charge in [0.15, 0.2) is 0 Å². The second-order valence-corrected chi connectivity index (χ2v) is 5.58. The van der Waals surface area contributed by atoms with Crippen molar-refractivity contribution in [2.45, 2.75) is 32.2 Å². The topological polar surface area (TPSA) is 62.2 Å². The van der Waals surface area contributed by atoms with Gasteiger partial charge in [0.25, 0.3) is 0 Å². The molecular formula is C15H17BrN2O2. The third-order valence-electron chi connectivity index (χ3n) is 3.15. The molecule has 1 unspecified atom stereocenters. The second-order valence-electron chi connectivity index (χ2n) is 4.72. The minimum atomic E-state index is -0.794. The Kier molecular flexibility index (Phi) is 4.95. The molecule has 0 saturated carbocycles. The number of fused-ring (bicyclic) bond motifs is 1. The van der Waals surface area contributed by atoms with Crippen LogP contribution >= 0.6 is 15.9 Å². The molecule has 0 amide bonds. The molecule has 0 aliphatic rings. The number of halogens is 1. The first kappa shape index (κ1) is 14.8. The van der Waals surface area contributed by atoms with Crippen molar-refractivity contribution in [1.29, 1.82) is 0 Å². The number of nitrogens with zero attached hydrogens (tertiary/aromatic N) is 1. The van der Waals surface area contributed by atoms with Crippen molar-refractivity contribution in [2.24, 2.45) is 0 Å². The summed E-state index contributed by atoms with van der Waals surface area (Å²) in [6, 6.07) is 7.75. The van der Waals surface area contributed by atoms with E-state index in [-0.39, 0.29) is 12.5 Å². The summed E-state index contributed by atoms with van der Waals surface area (Å²) >= 11 is 3.52. The van der Waals surface area contributed by atoms with Gasteiger partial charge < -0.3 is 10.4 Å². The van der Waals surface area contributed by atoms with Crippen LogP contribution in [0.15, 0.2) is 34.9 Å². The molecule has 1 heterocycles. The van der Waals surface area contributed by atoms with Gasteiger partial charge in [-0.15, -0.1) is 0 Å². The minimum absolute atomic E-state index is 0.0971. The lowest BCUT2D eigenvalue weighted by Gasteiger charge is -2.18. The largest absolute Gasteiger partial charge is 0.481 e. The zero-order valence-electron chi connectivity index (χ0n) is 11.3. The van der Waals surface area contributed by atoms with Crippen molar-refractivity contribution in [3.63, 3.8) is 0 Å². The summed E-state index contributed by atoms with van der Waals surface area (Å²) in [4.78, 5) is 15.3. The van der Waals surface area contributed by atoms with Crippen molar-refractivity contribution in [2.75, 3.05) is 5.32 Å². The highest BCUT2D eigenvalue weighted by Crippen LogP contribution is 2.28. The van der Waals surface area contributed by atoms with Crippen molar-refractivity contribution < 1.29 is 9.90 Å². The molecule has 0 aliphatic heterocycles. The highest BCUT2D eigenvalue weighted by atomic mass is 79.9. The zero-order valence-corrected chi connectivity index (χ0v) is 12.9. The molecule has 1 atom stereocenters. The van der Waals surface area contributed by atoms with Crippen LogP contribution in [0.25, 0.3) is 10.8 Å². The van der Waals surface area contributed by atoms with E-state index in [4.69, 9.17) is 5.11 Å². The van der Waals surface area contributed by atoms with Crippen LogP contribution in [0.5, 0.6) is 0 Å². The molecule has 5 heteroatoms. The number of aromatic nitrogens is 1. The van der Waals surface area contributed by atoms with Crippen LogP contribution in [-0.4, -0.2) is 22.1 Å². The second kappa shape index (κ2) is 6.70. The molecule has 0 radical (unpaired) electrons. The first-order chi connectivity index (χ1) is 9.61. The molecular weight excluding hydrogens is 320 g/mol. The Morgan fingerprint density at radius 3 is 2.90 bits per heavy atom. The monoisotopic (exact) mass is 336 g/mol. The fourth-order valence-electron chi connectivity index (χ4n) is 2.26. The molecule has 1 aromatic heterocycles.